The molecule has 1 unspecified atom stereocenters. The number of unbranched alkanes of at least 4 members (excludes halogenated alkanes) is 9. The van der Waals surface area contributed by atoms with E-state index in [-0.39, 0.29) is 13.5 Å². The third kappa shape index (κ3) is 16.3. The highest BCUT2D eigenvalue weighted by atomic mass is 32.1. The summed E-state index contributed by atoms with van der Waals surface area (Å²) >= 11 is 0. The highest BCUT2D eigenvalue weighted by molar-refractivity contribution is 7.59. The Bertz CT molecular complexity index is 139. The van der Waals surface area contributed by atoms with Crippen LogP contribution in [0, 0.1) is 5.92 Å². The van der Waals surface area contributed by atoms with Crippen molar-refractivity contribution in [3.63, 3.8) is 0 Å². The molecule has 0 rings (SSSR count). The fourth-order valence-corrected chi connectivity index (χ4v) is 2.22. The summed E-state index contributed by atoms with van der Waals surface area (Å²) in [7, 11) is 0. The number of hydrogen-bond donors (Lipinski definition) is 1. The summed E-state index contributed by atoms with van der Waals surface area (Å²) < 4.78 is 0. The molecule has 1 atom stereocenters. The molecule has 0 radical (unpaired) electrons. The SMILES string of the molecule is CCC(C)CCCCCCCCCCCCO.S. The minimum atomic E-state index is 0. The van der Waals surface area contributed by atoms with E-state index in [0.717, 1.165) is 12.3 Å². The van der Waals surface area contributed by atoms with Crippen LogP contribution in [0.25, 0.3) is 0 Å². The molecule has 0 aromatic rings. The zero-order chi connectivity index (χ0) is 12.8. The number of aliphatic hydroxyl groups is 1. The van der Waals surface area contributed by atoms with Crippen molar-refractivity contribution in [1.29, 1.82) is 0 Å². The van der Waals surface area contributed by atoms with Gasteiger partial charge in [-0.2, -0.15) is 13.5 Å². The molecule has 0 saturated heterocycles. The minimum absolute atomic E-state index is 0. The fraction of sp³-hybridized carbons (Fsp3) is 1.00. The summed E-state index contributed by atoms with van der Waals surface area (Å²) in [5.74, 6) is 0.932. The van der Waals surface area contributed by atoms with Gasteiger partial charge >= 0.3 is 0 Å². The van der Waals surface area contributed by atoms with E-state index in [1.165, 1.54) is 70.6 Å². The maximum Gasteiger partial charge on any atom is 0.0431 e. The van der Waals surface area contributed by atoms with Crippen LogP contribution in [0.5, 0.6) is 0 Å². The highest BCUT2D eigenvalue weighted by Gasteiger charge is 1.98. The van der Waals surface area contributed by atoms with Gasteiger partial charge in [-0.05, 0) is 12.3 Å². The maximum absolute atomic E-state index is 8.65. The van der Waals surface area contributed by atoms with Crippen molar-refractivity contribution in [2.45, 2.75) is 90.9 Å². The van der Waals surface area contributed by atoms with Gasteiger partial charge in [0.1, 0.15) is 0 Å². The van der Waals surface area contributed by atoms with Gasteiger partial charge in [-0.1, -0.05) is 84.5 Å². The lowest BCUT2D eigenvalue weighted by atomic mass is 9.99. The molecule has 18 heavy (non-hydrogen) atoms. The lowest BCUT2D eigenvalue weighted by Gasteiger charge is -2.07. The molecule has 0 heterocycles. The minimum Gasteiger partial charge on any atom is -0.396 e. The molecule has 0 aliphatic heterocycles. The smallest absolute Gasteiger partial charge is 0.0431 e. The zero-order valence-electron chi connectivity index (χ0n) is 12.7. The molecule has 0 bridgehead atoms. The van der Waals surface area contributed by atoms with Crippen LogP contribution >= 0.6 is 13.5 Å². The van der Waals surface area contributed by atoms with Crippen molar-refractivity contribution >= 4 is 13.5 Å². The van der Waals surface area contributed by atoms with Gasteiger partial charge in [0, 0.05) is 6.61 Å². The first-order chi connectivity index (χ1) is 8.31. The van der Waals surface area contributed by atoms with E-state index in [1.807, 2.05) is 0 Å². The van der Waals surface area contributed by atoms with Gasteiger partial charge in [0.05, 0.1) is 0 Å². The molecule has 0 aromatic carbocycles. The number of aliphatic hydroxyl groups excluding tert-OH is 1. The first-order valence-electron chi connectivity index (χ1n) is 7.92. The van der Waals surface area contributed by atoms with Crippen LogP contribution in [0.15, 0.2) is 0 Å². The molecule has 1 N–H and O–H groups in total. The Morgan fingerprint density at radius 3 is 1.50 bits per heavy atom. The Hall–Kier alpha value is 0.310. The summed E-state index contributed by atoms with van der Waals surface area (Å²) in [6.07, 6.45) is 16.2. The van der Waals surface area contributed by atoms with Crippen LogP contribution in [0.3, 0.4) is 0 Å². The molecule has 0 amide bonds. The average Bonchev–Trinajstić information content (AvgIpc) is 2.35. The van der Waals surface area contributed by atoms with E-state index in [9.17, 15) is 0 Å². The van der Waals surface area contributed by atoms with Gasteiger partial charge in [0.2, 0.25) is 0 Å². The number of hydrogen-bond acceptors (Lipinski definition) is 1. The molecule has 0 spiro atoms. The Kier molecular flexibility index (Phi) is 19.8. The van der Waals surface area contributed by atoms with Gasteiger partial charge in [-0.25, -0.2) is 0 Å². The van der Waals surface area contributed by atoms with Crippen LogP contribution in [0.2, 0.25) is 0 Å². The second kappa shape index (κ2) is 17.3. The van der Waals surface area contributed by atoms with Crippen molar-refractivity contribution in [3.8, 4) is 0 Å². The molecular formula is C16H36OS. The fourth-order valence-electron chi connectivity index (χ4n) is 2.22. The predicted octanol–water partition coefficient (Wildman–Crippen LogP) is 5.43. The molecule has 112 valence electrons. The third-order valence-corrected chi connectivity index (χ3v) is 3.80. The average molecular weight is 277 g/mol. The quantitative estimate of drug-likeness (QED) is 0.445. The standard InChI is InChI=1S/C16H34O.H2S/c1-3-16(2)14-12-10-8-6-4-5-7-9-11-13-15-17;/h16-17H,3-15H2,1-2H3;1H2. The molecular weight excluding hydrogens is 240 g/mol. The lowest BCUT2D eigenvalue weighted by Crippen LogP contribution is -1.91. The summed E-state index contributed by atoms with van der Waals surface area (Å²) in [5.41, 5.74) is 0. The van der Waals surface area contributed by atoms with Gasteiger partial charge in [0.25, 0.3) is 0 Å². The third-order valence-electron chi connectivity index (χ3n) is 3.80. The zero-order valence-corrected chi connectivity index (χ0v) is 13.7. The van der Waals surface area contributed by atoms with E-state index < -0.39 is 0 Å². The van der Waals surface area contributed by atoms with E-state index in [2.05, 4.69) is 13.8 Å². The normalized spacial score (nSPS) is 12.2. The lowest BCUT2D eigenvalue weighted by molar-refractivity contribution is 0.282. The predicted molar refractivity (Wildman–Crippen MR) is 87.7 cm³/mol. The topological polar surface area (TPSA) is 20.2 Å². The summed E-state index contributed by atoms with van der Waals surface area (Å²) in [5, 5.41) is 8.65. The molecule has 0 aliphatic rings. The van der Waals surface area contributed by atoms with Crippen LogP contribution < -0.4 is 0 Å². The van der Waals surface area contributed by atoms with Crippen molar-refractivity contribution in [3.05, 3.63) is 0 Å². The second-order valence-electron chi connectivity index (χ2n) is 5.56. The Morgan fingerprint density at radius 2 is 1.11 bits per heavy atom. The molecule has 0 saturated carbocycles. The Labute approximate surface area is 122 Å². The molecule has 1 nitrogen and oxygen atoms in total. The van der Waals surface area contributed by atoms with Gasteiger partial charge in [-0.15, -0.1) is 0 Å². The van der Waals surface area contributed by atoms with E-state index in [4.69, 9.17) is 5.11 Å². The first kappa shape index (κ1) is 20.6. The largest absolute Gasteiger partial charge is 0.396 e. The van der Waals surface area contributed by atoms with Crippen molar-refractivity contribution < 1.29 is 5.11 Å². The first-order valence-corrected chi connectivity index (χ1v) is 7.92. The maximum atomic E-state index is 8.65. The summed E-state index contributed by atoms with van der Waals surface area (Å²) in [4.78, 5) is 0. The molecule has 0 aliphatic carbocycles. The molecule has 0 fully saturated rings. The Balaban J connectivity index is 0. The van der Waals surface area contributed by atoms with Crippen molar-refractivity contribution in [2.24, 2.45) is 5.92 Å². The van der Waals surface area contributed by atoms with Crippen LogP contribution in [-0.2, 0) is 0 Å². The summed E-state index contributed by atoms with van der Waals surface area (Å²) in [6.45, 7) is 5.03. The van der Waals surface area contributed by atoms with E-state index in [1.54, 1.807) is 0 Å². The van der Waals surface area contributed by atoms with Gasteiger partial charge in [0.15, 0.2) is 0 Å². The van der Waals surface area contributed by atoms with Crippen molar-refractivity contribution in [1.82, 2.24) is 0 Å². The number of rotatable bonds is 13. The summed E-state index contributed by atoms with van der Waals surface area (Å²) in [6, 6.07) is 0. The van der Waals surface area contributed by atoms with Crippen LogP contribution in [0.4, 0.5) is 0 Å². The molecule has 2 heteroatoms. The van der Waals surface area contributed by atoms with Gasteiger partial charge in [-0.3, -0.25) is 0 Å². The van der Waals surface area contributed by atoms with E-state index >= 15 is 0 Å². The van der Waals surface area contributed by atoms with Crippen LogP contribution in [0.1, 0.15) is 90.9 Å². The van der Waals surface area contributed by atoms with Crippen LogP contribution in [-0.4, -0.2) is 11.7 Å². The van der Waals surface area contributed by atoms with Crippen molar-refractivity contribution in [2.75, 3.05) is 6.61 Å². The highest BCUT2D eigenvalue weighted by Crippen LogP contribution is 2.15. The molecule has 0 aromatic heterocycles. The monoisotopic (exact) mass is 276 g/mol. The van der Waals surface area contributed by atoms with E-state index in [0.29, 0.717) is 6.61 Å². The second-order valence-corrected chi connectivity index (χ2v) is 5.56. The van der Waals surface area contributed by atoms with Gasteiger partial charge < -0.3 is 5.11 Å². The Morgan fingerprint density at radius 1 is 0.722 bits per heavy atom.